The summed E-state index contributed by atoms with van der Waals surface area (Å²) in [4.78, 5) is 4.22. The molecule has 2 heterocycles. The van der Waals surface area contributed by atoms with Crippen molar-refractivity contribution in [1.29, 1.82) is 0 Å². The van der Waals surface area contributed by atoms with Crippen LogP contribution < -0.4 is 9.47 Å². The molecule has 1 aromatic heterocycles. The van der Waals surface area contributed by atoms with Gasteiger partial charge in [0.1, 0.15) is 25.1 Å². The second-order valence-corrected chi connectivity index (χ2v) is 4.38. The number of nitrogens with zero attached hydrogens (tertiary/aromatic N) is 2. The van der Waals surface area contributed by atoms with Gasteiger partial charge in [0.2, 0.25) is 0 Å². The van der Waals surface area contributed by atoms with Crippen molar-refractivity contribution in [3.8, 4) is 11.5 Å². The fourth-order valence-corrected chi connectivity index (χ4v) is 2.21. The van der Waals surface area contributed by atoms with E-state index in [1.54, 1.807) is 6.20 Å². The van der Waals surface area contributed by atoms with Gasteiger partial charge in [0.05, 0.1) is 0 Å². The van der Waals surface area contributed by atoms with Crippen LogP contribution in [0.25, 0.3) is 0 Å². The average molecular weight is 260 g/mol. The van der Waals surface area contributed by atoms with Gasteiger partial charge in [-0.2, -0.15) is 0 Å². The number of imidazole rings is 1. The van der Waals surface area contributed by atoms with Crippen molar-refractivity contribution in [2.45, 2.75) is 19.6 Å². The summed E-state index contributed by atoms with van der Waals surface area (Å²) in [5.74, 6) is 2.04. The van der Waals surface area contributed by atoms with Gasteiger partial charge in [-0.25, -0.2) is 4.98 Å². The van der Waals surface area contributed by atoms with E-state index in [4.69, 9.17) is 9.47 Å². The molecule has 1 atom stereocenters. The molecule has 1 N–H and O–H groups in total. The largest absolute Gasteiger partial charge is 0.486 e. The minimum atomic E-state index is -0.759. The molecule has 2 aromatic rings. The molecule has 0 spiro atoms. The lowest BCUT2D eigenvalue weighted by Crippen LogP contribution is -2.16. The molecule has 19 heavy (non-hydrogen) atoms. The first kappa shape index (κ1) is 12.0. The van der Waals surface area contributed by atoms with Crippen molar-refractivity contribution in [3.05, 3.63) is 42.0 Å². The first-order valence-electron chi connectivity index (χ1n) is 6.38. The Kier molecular flexibility index (Phi) is 3.13. The first-order chi connectivity index (χ1) is 9.29. The molecular formula is C14H16N2O3. The molecule has 0 aliphatic carbocycles. The highest BCUT2D eigenvalue weighted by Gasteiger charge is 2.19. The number of aliphatic hydroxyl groups is 1. The lowest BCUT2D eigenvalue weighted by atomic mass is 10.1. The van der Waals surface area contributed by atoms with Gasteiger partial charge in [-0.1, -0.05) is 6.07 Å². The molecular weight excluding hydrogens is 244 g/mol. The highest BCUT2D eigenvalue weighted by Crippen LogP contribution is 2.33. The third-order valence-corrected chi connectivity index (χ3v) is 3.21. The number of hydrogen-bond donors (Lipinski definition) is 1. The topological polar surface area (TPSA) is 56.5 Å². The molecule has 1 aliphatic heterocycles. The first-order valence-corrected chi connectivity index (χ1v) is 6.38. The van der Waals surface area contributed by atoms with Crippen molar-refractivity contribution in [3.63, 3.8) is 0 Å². The summed E-state index contributed by atoms with van der Waals surface area (Å²) < 4.78 is 12.9. The fourth-order valence-electron chi connectivity index (χ4n) is 2.21. The average Bonchev–Trinajstić information content (AvgIpc) is 2.94. The highest BCUT2D eigenvalue weighted by molar-refractivity contribution is 5.45. The summed E-state index contributed by atoms with van der Waals surface area (Å²) in [6.45, 7) is 3.89. The Labute approximate surface area is 111 Å². The summed E-state index contributed by atoms with van der Waals surface area (Å²) in [7, 11) is 0. The molecule has 5 heteroatoms. The zero-order valence-electron chi connectivity index (χ0n) is 10.7. The molecule has 100 valence electrons. The quantitative estimate of drug-likeness (QED) is 0.913. The van der Waals surface area contributed by atoms with E-state index in [1.807, 2.05) is 35.9 Å². The molecule has 0 amide bonds. The van der Waals surface area contributed by atoms with Gasteiger partial charge in [-0.3, -0.25) is 0 Å². The fraction of sp³-hybridized carbons (Fsp3) is 0.357. The predicted octanol–water partition coefficient (Wildman–Crippen LogP) is 1.76. The Balaban J connectivity index is 1.93. The third kappa shape index (κ3) is 2.17. The van der Waals surface area contributed by atoms with Crippen LogP contribution in [0.15, 0.2) is 30.6 Å². The van der Waals surface area contributed by atoms with Crippen LogP contribution in [-0.4, -0.2) is 27.9 Å². The number of benzene rings is 1. The van der Waals surface area contributed by atoms with Crippen molar-refractivity contribution in [1.82, 2.24) is 9.55 Å². The van der Waals surface area contributed by atoms with E-state index < -0.39 is 6.10 Å². The van der Waals surface area contributed by atoms with Gasteiger partial charge in [0.15, 0.2) is 11.5 Å². The number of hydrogen-bond acceptors (Lipinski definition) is 4. The number of aliphatic hydroxyl groups excluding tert-OH is 1. The minimum Gasteiger partial charge on any atom is -0.486 e. The lowest BCUT2D eigenvalue weighted by Gasteiger charge is -2.20. The van der Waals surface area contributed by atoms with E-state index in [0.717, 1.165) is 17.9 Å². The highest BCUT2D eigenvalue weighted by atomic mass is 16.6. The maximum atomic E-state index is 10.4. The molecule has 5 nitrogen and oxygen atoms in total. The van der Waals surface area contributed by atoms with E-state index in [0.29, 0.717) is 24.8 Å². The minimum absolute atomic E-state index is 0.538. The number of rotatable bonds is 3. The second kappa shape index (κ2) is 4.93. The molecule has 0 saturated heterocycles. The second-order valence-electron chi connectivity index (χ2n) is 4.38. The number of ether oxygens (including phenoxy) is 2. The van der Waals surface area contributed by atoms with Crippen LogP contribution in [0, 0.1) is 0 Å². The Bertz CT molecular complexity index is 580. The van der Waals surface area contributed by atoms with E-state index in [2.05, 4.69) is 4.98 Å². The zero-order chi connectivity index (χ0) is 13.2. The van der Waals surface area contributed by atoms with Crippen molar-refractivity contribution in [2.24, 2.45) is 0 Å². The summed E-state index contributed by atoms with van der Waals surface area (Å²) in [6.07, 6.45) is 2.79. The Morgan fingerprint density at radius 1 is 1.32 bits per heavy atom. The zero-order valence-corrected chi connectivity index (χ0v) is 10.7. The van der Waals surface area contributed by atoms with Crippen LogP contribution in [0.1, 0.15) is 24.4 Å². The summed E-state index contributed by atoms with van der Waals surface area (Å²) in [6, 6.07) is 5.48. The molecule has 1 aromatic carbocycles. The van der Waals surface area contributed by atoms with E-state index in [1.165, 1.54) is 0 Å². The number of aryl methyl sites for hydroxylation is 1. The van der Waals surface area contributed by atoms with Crippen molar-refractivity contribution < 1.29 is 14.6 Å². The monoisotopic (exact) mass is 260 g/mol. The molecule has 0 saturated carbocycles. The molecule has 0 fully saturated rings. The van der Waals surface area contributed by atoms with Gasteiger partial charge >= 0.3 is 0 Å². The number of aromatic nitrogens is 2. The normalized spacial score (nSPS) is 15.3. The van der Waals surface area contributed by atoms with Gasteiger partial charge in [-0.15, -0.1) is 0 Å². The van der Waals surface area contributed by atoms with Gasteiger partial charge < -0.3 is 19.1 Å². The van der Waals surface area contributed by atoms with Crippen LogP contribution in [-0.2, 0) is 6.54 Å². The Morgan fingerprint density at radius 2 is 2.11 bits per heavy atom. The molecule has 1 aliphatic rings. The van der Waals surface area contributed by atoms with Crippen LogP contribution in [0.3, 0.4) is 0 Å². The lowest BCUT2D eigenvalue weighted by molar-refractivity contribution is 0.169. The third-order valence-electron chi connectivity index (χ3n) is 3.21. The maximum Gasteiger partial charge on any atom is 0.161 e. The van der Waals surface area contributed by atoms with Crippen molar-refractivity contribution >= 4 is 0 Å². The smallest absolute Gasteiger partial charge is 0.161 e. The van der Waals surface area contributed by atoms with Crippen LogP contribution in [0.2, 0.25) is 0 Å². The maximum absolute atomic E-state index is 10.4. The van der Waals surface area contributed by atoms with E-state index >= 15 is 0 Å². The Hall–Kier alpha value is -2.01. The molecule has 0 radical (unpaired) electrons. The van der Waals surface area contributed by atoms with Gasteiger partial charge in [-0.05, 0) is 24.6 Å². The van der Waals surface area contributed by atoms with Gasteiger partial charge in [0.25, 0.3) is 0 Å². The summed E-state index contributed by atoms with van der Waals surface area (Å²) in [5, 5.41) is 10.4. The van der Waals surface area contributed by atoms with E-state index in [9.17, 15) is 5.11 Å². The number of fused-ring (bicyclic) bond motifs is 1. The SMILES string of the molecule is CCn1ccnc1C(O)c1ccc2c(c1)OCCO2. The molecule has 3 rings (SSSR count). The van der Waals surface area contributed by atoms with Crippen LogP contribution in [0.4, 0.5) is 0 Å². The van der Waals surface area contributed by atoms with Crippen LogP contribution >= 0.6 is 0 Å². The summed E-state index contributed by atoms with van der Waals surface area (Å²) >= 11 is 0. The molecule has 1 unspecified atom stereocenters. The summed E-state index contributed by atoms with van der Waals surface area (Å²) in [5.41, 5.74) is 0.755. The van der Waals surface area contributed by atoms with Gasteiger partial charge in [0, 0.05) is 18.9 Å². The standard InChI is InChI=1S/C14H16N2O3/c1-2-16-6-5-15-14(16)13(17)10-3-4-11-12(9-10)19-8-7-18-11/h3-6,9,13,17H,2,7-8H2,1H3. The Morgan fingerprint density at radius 3 is 2.89 bits per heavy atom. The van der Waals surface area contributed by atoms with Crippen molar-refractivity contribution in [2.75, 3.05) is 13.2 Å². The predicted molar refractivity (Wildman–Crippen MR) is 69.4 cm³/mol. The van der Waals surface area contributed by atoms with Crippen LogP contribution in [0.5, 0.6) is 11.5 Å². The van der Waals surface area contributed by atoms with E-state index in [-0.39, 0.29) is 0 Å². The molecule has 0 bridgehead atoms.